The highest BCUT2D eigenvalue weighted by atomic mass is 32.1. The first-order chi connectivity index (χ1) is 16.1. The van der Waals surface area contributed by atoms with Gasteiger partial charge in [-0.3, -0.25) is 9.59 Å². The van der Waals surface area contributed by atoms with Gasteiger partial charge in [-0.2, -0.15) is 0 Å². The molecule has 0 saturated carbocycles. The minimum Gasteiger partial charge on any atom is -0.497 e. The van der Waals surface area contributed by atoms with Crippen LogP contribution in [0.2, 0.25) is 0 Å². The van der Waals surface area contributed by atoms with Gasteiger partial charge in [0.05, 0.1) is 20.1 Å². The molecule has 4 rings (SSSR count). The molecule has 5 nitrogen and oxygen atoms in total. The van der Waals surface area contributed by atoms with Crippen molar-refractivity contribution in [1.82, 2.24) is 10.2 Å². The van der Waals surface area contributed by atoms with E-state index in [1.165, 1.54) is 11.3 Å². The van der Waals surface area contributed by atoms with Gasteiger partial charge in [0, 0.05) is 21.2 Å². The minimum absolute atomic E-state index is 0.0659. The van der Waals surface area contributed by atoms with Crippen molar-refractivity contribution < 1.29 is 14.3 Å². The van der Waals surface area contributed by atoms with Crippen LogP contribution in [0, 0.1) is 0 Å². The van der Waals surface area contributed by atoms with E-state index in [4.69, 9.17) is 4.74 Å². The number of amides is 2. The Hall–Kier alpha value is -2.94. The fourth-order valence-corrected chi connectivity index (χ4v) is 5.69. The Morgan fingerprint density at radius 1 is 0.909 bits per heavy atom. The summed E-state index contributed by atoms with van der Waals surface area (Å²) in [6.45, 7) is 0.761. The van der Waals surface area contributed by atoms with E-state index in [9.17, 15) is 9.59 Å². The van der Waals surface area contributed by atoms with E-state index in [0.717, 1.165) is 25.9 Å². The third kappa shape index (κ3) is 6.10. The average molecular weight is 497 g/mol. The van der Waals surface area contributed by atoms with E-state index in [0.29, 0.717) is 13.1 Å². The molecule has 1 N–H and O–H groups in total. The molecule has 4 aromatic rings. The van der Waals surface area contributed by atoms with Crippen molar-refractivity contribution in [3.63, 3.8) is 0 Å². The molecule has 1 aromatic carbocycles. The van der Waals surface area contributed by atoms with Crippen LogP contribution in [0.5, 0.6) is 5.75 Å². The summed E-state index contributed by atoms with van der Waals surface area (Å²) in [6, 6.07) is 18.6. The minimum atomic E-state index is -0.696. The number of thiophene rings is 3. The van der Waals surface area contributed by atoms with Gasteiger partial charge in [-0.25, -0.2) is 0 Å². The van der Waals surface area contributed by atoms with Crippen LogP contribution in [-0.2, 0) is 29.1 Å². The zero-order chi connectivity index (χ0) is 23.0. The van der Waals surface area contributed by atoms with Crippen LogP contribution in [0.25, 0.3) is 0 Å². The van der Waals surface area contributed by atoms with E-state index in [-0.39, 0.29) is 18.2 Å². The quantitative estimate of drug-likeness (QED) is 0.315. The number of nitrogens with one attached hydrogen (secondary N) is 1. The molecule has 170 valence electrons. The van der Waals surface area contributed by atoms with Crippen molar-refractivity contribution in [2.75, 3.05) is 7.11 Å². The van der Waals surface area contributed by atoms with Gasteiger partial charge in [0.25, 0.3) is 0 Å². The third-order valence-corrected chi connectivity index (χ3v) is 7.79. The number of nitrogens with zero attached hydrogens (tertiary/aromatic N) is 1. The van der Waals surface area contributed by atoms with E-state index in [2.05, 4.69) is 5.32 Å². The lowest BCUT2D eigenvalue weighted by atomic mass is 10.1. The molecule has 0 aliphatic heterocycles. The van der Waals surface area contributed by atoms with Crippen molar-refractivity contribution in [1.29, 1.82) is 0 Å². The molecule has 0 fully saturated rings. The molecule has 3 heterocycles. The standard InChI is InChI=1S/C25H24N2O3S3/c1-30-19-10-8-18(9-11-19)16-26-25(29)24(22-7-4-14-33-22)27(17-21-6-3-13-32-21)23(28)15-20-5-2-12-31-20/h2-14,24H,15-17H2,1H3,(H,26,29)/t24-/m1/s1. The second kappa shape index (κ2) is 11.3. The molecular weight excluding hydrogens is 472 g/mol. The van der Waals surface area contributed by atoms with Crippen molar-refractivity contribution in [2.24, 2.45) is 0 Å². The summed E-state index contributed by atoms with van der Waals surface area (Å²) in [5.41, 5.74) is 0.962. The second-order valence-corrected chi connectivity index (χ2v) is 10.4. The topological polar surface area (TPSA) is 58.6 Å². The number of benzene rings is 1. The molecule has 2 amide bonds. The highest BCUT2D eigenvalue weighted by Gasteiger charge is 2.32. The van der Waals surface area contributed by atoms with Gasteiger partial charge in [0.2, 0.25) is 11.8 Å². The highest BCUT2D eigenvalue weighted by Crippen LogP contribution is 2.29. The predicted molar refractivity (Wildman–Crippen MR) is 135 cm³/mol. The lowest BCUT2D eigenvalue weighted by molar-refractivity contribution is -0.141. The summed E-state index contributed by atoms with van der Waals surface area (Å²) < 4.78 is 5.20. The van der Waals surface area contributed by atoms with Crippen LogP contribution in [0.1, 0.15) is 26.2 Å². The molecule has 0 aliphatic carbocycles. The molecule has 0 saturated heterocycles. The van der Waals surface area contributed by atoms with Crippen molar-refractivity contribution >= 4 is 45.8 Å². The molecule has 3 aromatic heterocycles. The average Bonchev–Trinajstić information content (AvgIpc) is 3.62. The summed E-state index contributed by atoms with van der Waals surface area (Å²) in [6.07, 6.45) is 0.274. The van der Waals surface area contributed by atoms with Gasteiger partial charge in [0.1, 0.15) is 11.8 Å². The first kappa shape index (κ1) is 23.2. The third-order valence-electron chi connectivity index (χ3n) is 5.13. The van der Waals surface area contributed by atoms with Crippen molar-refractivity contribution in [2.45, 2.75) is 25.6 Å². The number of methoxy groups -OCH3 is 1. The Balaban J connectivity index is 1.58. The predicted octanol–water partition coefficient (Wildman–Crippen LogP) is 5.51. The Bertz CT molecular complexity index is 1140. The Morgan fingerprint density at radius 2 is 1.58 bits per heavy atom. The molecule has 8 heteroatoms. The number of carbonyl (C=O) groups is 2. The molecule has 0 unspecified atom stereocenters. The highest BCUT2D eigenvalue weighted by molar-refractivity contribution is 7.10. The van der Waals surface area contributed by atoms with Gasteiger partial charge < -0.3 is 15.0 Å². The van der Waals surface area contributed by atoms with Crippen LogP contribution in [-0.4, -0.2) is 23.8 Å². The number of hydrogen-bond donors (Lipinski definition) is 1. The van der Waals surface area contributed by atoms with Crippen LogP contribution >= 0.6 is 34.0 Å². The summed E-state index contributed by atoms with van der Waals surface area (Å²) in [4.78, 5) is 31.5. The first-order valence-corrected chi connectivity index (χ1v) is 13.1. The van der Waals surface area contributed by atoms with Crippen molar-refractivity contribution in [3.8, 4) is 5.75 Å². The summed E-state index contributed by atoms with van der Waals surface area (Å²) >= 11 is 4.62. The fourth-order valence-electron chi connectivity index (χ4n) is 3.46. The summed E-state index contributed by atoms with van der Waals surface area (Å²) in [7, 11) is 1.62. The van der Waals surface area contributed by atoms with Gasteiger partial charge >= 0.3 is 0 Å². The monoisotopic (exact) mass is 496 g/mol. The van der Waals surface area contributed by atoms with E-state index >= 15 is 0 Å². The van der Waals surface area contributed by atoms with Crippen LogP contribution < -0.4 is 10.1 Å². The second-order valence-electron chi connectivity index (χ2n) is 7.34. The molecule has 0 aliphatic rings. The number of carbonyl (C=O) groups excluding carboxylic acids is 2. The number of ether oxygens (including phenoxy) is 1. The molecular formula is C25H24N2O3S3. The van der Waals surface area contributed by atoms with Crippen LogP contribution in [0.3, 0.4) is 0 Å². The maximum Gasteiger partial charge on any atom is 0.248 e. The first-order valence-electron chi connectivity index (χ1n) is 10.4. The van der Waals surface area contributed by atoms with E-state index < -0.39 is 6.04 Å². The van der Waals surface area contributed by atoms with Gasteiger partial charge in [0.15, 0.2) is 0 Å². The Morgan fingerprint density at radius 3 is 2.18 bits per heavy atom. The fraction of sp³-hybridized carbons (Fsp3) is 0.200. The Labute approximate surface area is 205 Å². The lowest BCUT2D eigenvalue weighted by Crippen LogP contribution is -2.43. The van der Waals surface area contributed by atoms with E-state index in [1.54, 1.807) is 34.7 Å². The SMILES string of the molecule is COc1ccc(CNC(=O)[C@@H](c2cccs2)N(Cc2cccs2)C(=O)Cc2cccs2)cc1. The van der Waals surface area contributed by atoms with Crippen molar-refractivity contribution in [3.05, 3.63) is 97.0 Å². The molecule has 0 radical (unpaired) electrons. The van der Waals surface area contributed by atoms with Crippen LogP contribution in [0.4, 0.5) is 0 Å². The normalized spacial score (nSPS) is 11.7. The van der Waals surface area contributed by atoms with Gasteiger partial charge in [-0.15, -0.1) is 34.0 Å². The molecule has 0 spiro atoms. The summed E-state index contributed by atoms with van der Waals surface area (Å²) in [5.74, 6) is 0.510. The van der Waals surface area contributed by atoms with E-state index in [1.807, 2.05) is 76.8 Å². The molecule has 1 atom stereocenters. The smallest absolute Gasteiger partial charge is 0.248 e. The maximum atomic E-state index is 13.5. The number of rotatable bonds is 10. The zero-order valence-electron chi connectivity index (χ0n) is 18.1. The van der Waals surface area contributed by atoms with Gasteiger partial charge in [-0.1, -0.05) is 30.3 Å². The van der Waals surface area contributed by atoms with Gasteiger partial charge in [-0.05, 0) is 52.0 Å². The largest absolute Gasteiger partial charge is 0.497 e. The molecule has 33 heavy (non-hydrogen) atoms. The Kier molecular flexibility index (Phi) is 7.93. The van der Waals surface area contributed by atoms with Crippen LogP contribution in [0.15, 0.2) is 76.8 Å². The molecule has 0 bridgehead atoms. The summed E-state index contributed by atoms with van der Waals surface area (Å²) in [5, 5.41) is 8.92. The maximum absolute atomic E-state index is 13.5. The lowest BCUT2D eigenvalue weighted by Gasteiger charge is -2.30. The number of hydrogen-bond acceptors (Lipinski definition) is 6. The zero-order valence-corrected chi connectivity index (χ0v) is 20.6.